The third kappa shape index (κ3) is 3.31. The quantitative estimate of drug-likeness (QED) is 0.876. The zero-order valence-corrected chi connectivity index (χ0v) is 11.3. The molecule has 1 amide bonds. The van der Waals surface area contributed by atoms with Crippen LogP contribution in [0, 0.1) is 6.92 Å². The van der Waals surface area contributed by atoms with Crippen LogP contribution in [0.4, 0.5) is 11.4 Å². The molecule has 0 saturated heterocycles. The summed E-state index contributed by atoms with van der Waals surface area (Å²) in [5.74, 6) is 1.66. The number of amides is 1. The number of benzene rings is 1. The molecule has 0 atom stereocenters. The van der Waals surface area contributed by atoms with Crippen LogP contribution in [-0.4, -0.2) is 20.7 Å². The fraction of sp³-hybridized carbons (Fsp3) is 0.308. The van der Waals surface area contributed by atoms with Crippen LogP contribution >= 0.6 is 0 Å². The predicted octanol–water partition coefficient (Wildman–Crippen LogP) is 1.69. The second-order valence-corrected chi connectivity index (χ2v) is 4.34. The van der Waals surface area contributed by atoms with Crippen molar-refractivity contribution in [2.45, 2.75) is 20.4 Å². The van der Waals surface area contributed by atoms with Gasteiger partial charge in [-0.05, 0) is 25.1 Å². The summed E-state index contributed by atoms with van der Waals surface area (Å²) < 4.78 is 1.94. The number of aromatic nitrogens is 3. The van der Waals surface area contributed by atoms with Gasteiger partial charge in [0.1, 0.15) is 5.82 Å². The van der Waals surface area contributed by atoms with Crippen molar-refractivity contribution in [3.8, 4) is 0 Å². The largest absolute Gasteiger partial charge is 0.378 e. The Morgan fingerprint density at radius 1 is 1.32 bits per heavy atom. The molecule has 1 aromatic heterocycles. The van der Waals surface area contributed by atoms with Gasteiger partial charge in [0.05, 0.1) is 6.54 Å². The fourth-order valence-corrected chi connectivity index (χ4v) is 1.70. The van der Waals surface area contributed by atoms with Crippen molar-refractivity contribution in [3.05, 3.63) is 35.9 Å². The highest BCUT2D eigenvalue weighted by atomic mass is 16.1. The highest BCUT2D eigenvalue weighted by molar-refractivity contribution is 5.89. The lowest BCUT2D eigenvalue weighted by molar-refractivity contribution is -0.114. The van der Waals surface area contributed by atoms with E-state index >= 15 is 0 Å². The van der Waals surface area contributed by atoms with Crippen LogP contribution < -0.4 is 10.6 Å². The molecule has 0 radical (unpaired) electrons. The molecule has 2 rings (SSSR count). The molecule has 1 heterocycles. The van der Waals surface area contributed by atoms with Crippen LogP contribution in [0.5, 0.6) is 0 Å². The molecule has 0 saturated carbocycles. The Bertz CT molecular complexity index is 590. The van der Waals surface area contributed by atoms with E-state index in [0.29, 0.717) is 6.54 Å². The van der Waals surface area contributed by atoms with Gasteiger partial charge in [-0.2, -0.15) is 0 Å². The van der Waals surface area contributed by atoms with Gasteiger partial charge in [-0.25, -0.2) is 0 Å². The number of carbonyl (C=O) groups is 1. The van der Waals surface area contributed by atoms with Gasteiger partial charge in [0.2, 0.25) is 5.91 Å². The second kappa shape index (κ2) is 5.51. The molecule has 6 heteroatoms. The molecular weight excluding hydrogens is 242 g/mol. The topological polar surface area (TPSA) is 71.8 Å². The van der Waals surface area contributed by atoms with Gasteiger partial charge in [0, 0.05) is 25.3 Å². The standard InChI is InChI=1S/C13H17N5O/c1-9-16-17-13(18(9)3)8-14-11-5-4-6-12(7-11)15-10(2)19/h4-7,14H,8H2,1-3H3,(H,15,19). The van der Waals surface area contributed by atoms with Crippen LogP contribution in [0.1, 0.15) is 18.6 Å². The monoisotopic (exact) mass is 259 g/mol. The molecule has 100 valence electrons. The summed E-state index contributed by atoms with van der Waals surface area (Å²) in [5.41, 5.74) is 1.69. The van der Waals surface area contributed by atoms with E-state index in [2.05, 4.69) is 20.8 Å². The molecule has 2 aromatic rings. The summed E-state index contributed by atoms with van der Waals surface area (Å²) in [5, 5.41) is 14.1. The number of anilines is 2. The Labute approximate surface area is 111 Å². The number of hydrogen-bond donors (Lipinski definition) is 2. The summed E-state index contributed by atoms with van der Waals surface area (Å²) in [6.07, 6.45) is 0. The maximum absolute atomic E-state index is 11.0. The first-order valence-corrected chi connectivity index (χ1v) is 6.02. The molecule has 0 spiro atoms. The van der Waals surface area contributed by atoms with Crippen molar-refractivity contribution >= 4 is 17.3 Å². The van der Waals surface area contributed by atoms with E-state index in [4.69, 9.17) is 0 Å². The molecule has 0 aliphatic carbocycles. The molecule has 2 N–H and O–H groups in total. The third-order valence-electron chi connectivity index (χ3n) is 2.82. The number of aryl methyl sites for hydroxylation is 1. The Hall–Kier alpha value is -2.37. The molecule has 19 heavy (non-hydrogen) atoms. The Morgan fingerprint density at radius 3 is 2.68 bits per heavy atom. The molecular formula is C13H17N5O. The van der Waals surface area contributed by atoms with E-state index in [-0.39, 0.29) is 5.91 Å². The zero-order valence-electron chi connectivity index (χ0n) is 11.3. The lowest BCUT2D eigenvalue weighted by Crippen LogP contribution is -2.08. The summed E-state index contributed by atoms with van der Waals surface area (Å²) in [4.78, 5) is 11.0. The average molecular weight is 259 g/mol. The van der Waals surface area contributed by atoms with Crippen molar-refractivity contribution in [3.63, 3.8) is 0 Å². The minimum absolute atomic E-state index is 0.0823. The minimum Gasteiger partial charge on any atom is -0.378 e. The molecule has 6 nitrogen and oxygen atoms in total. The molecule has 0 aliphatic rings. The van der Waals surface area contributed by atoms with Gasteiger partial charge in [-0.3, -0.25) is 4.79 Å². The first kappa shape index (κ1) is 13.1. The van der Waals surface area contributed by atoms with Crippen LogP contribution in [0.2, 0.25) is 0 Å². The first-order chi connectivity index (χ1) is 9.06. The molecule has 0 fully saturated rings. The Balaban J connectivity index is 2.03. The van der Waals surface area contributed by atoms with E-state index in [9.17, 15) is 4.79 Å². The molecule has 1 aromatic carbocycles. The zero-order chi connectivity index (χ0) is 13.8. The summed E-state index contributed by atoms with van der Waals surface area (Å²) in [6.45, 7) is 3.98. The molecule has 0 bridgehead atoms. The SMILES string of the molecule is CC(=O)Nc1cccc(NCc2nnc(C)n2C)c1. The first-order valence-electron chi connectivity index (χ1n) is 6.02. The number of nitrogens with one attached hydrogen (secondary N) is 2. The summed E-state index contributed by atoms with van der Waals surface area (Å²) >= 11 is 0. The van der Waals surface area contributed by atoms with Crippen LogP contribution in [-0.2, 0) is 18.4 Å². The van der Waals surface area contributed by atoms with Gasteiger partial charge in [0.25, 0.3) is 0 Å². The fourth-order valence-electron chi connectivity index (χ4n) is 1.70. The second-order valence-electron chi connectivity index (χ2n) is 4.34. The predicted molar refractivity (Wildman–Crippen MR) is 73.8 cm³/mol. The Kier molecular flexibility index (Phi) is 3.79. The smallest absolute Gasteiger partial charge is 0.221 e. The number of nitrogens with zero attached hydrogens (tertiary/aromatic N) is 3. The van der Waals surface area contributed by atoms with E-state index in [1.165, 1.54) is 6.92 Å². The van der Waals surface area contributed by atoms with Crippen LogP contribution in [0.15, 0.2) is 24.3 Å². The van der Waals surface area contributed by atoms with Crippen LogP contribution in [0.3, 0.4) is 0 Å². The van der Waals surface area contributed by atoms with E-state index in [1.807, 2.05) is 42.8 Å². The lowest BCUT2D eigenvalue weighted by Gasteiger charge is -2.08. The molecule has 0 aliphatic heterocycles. The van der Waals surface area contributed by atoms with Crippen molar-refractivity contribution in [2.75, 3.05) is 10.6 Å². The molecule has 0 unspecified atom stereocenters. The van der Waals surface area contributed by atoms with Crippen molar-refractivity contribution in [1.29, 1.82) is 0 Å². The van der Waals surface area contributed by atoms with Crippen molar-refractivity contribution in [2.24, 2.45) is 7.05 Å². The van der Waals surface area contributed by atoms with E-state index < -0.39 is 0 Å². The highest BCUT2D eigenvalue weighted by Crippen LogP contribution is 2.15. The maximum atomic E-state index is 11.0. The van der Waals surface area contributed by atoms with Crippen LogP contribution in [0.25, 0.3) is 0 Å². The Morgan fingerprint density at radius 2 is 2.05 bits per heavy atom. The van der Waals surface area contributed by atoms with Gasteiger partial charge in [-0.15, -0.1) is 10.2 Å². The van der Waals surface area contributed by atoms with Gasteiger partial charge in [0.15, 0.2) is 5.82 Å². The van der Waals surface area contributed by atoms with Crippen molar-refractivity contribution < 1.29 is 4.79 Å². The van der Waals surface area contributed by atoms with Gasteiger partial charge >= 0.3 is 0 Å². The van der Waals surface area contributed by atoms with E-state index in [1.54, 1.807) is 0 Å². The number of carbonyl (C=O) groups excluding carboxylic acids is 1. The van der Waals surface area contributed by atoms with Crippen molar-refractivity contribution in [1.82, 2.24) is 14.8 Å². The number of hydrogen-bond acceptors (Lipinski definition) is 4. The lowest BCUT2D eigenvalue weighted by atomic mass is 10.2. The highest BCUT2D eigenvalue weighted by Gasteiger charge is 2.04. The van der Waals surface area contributed by atoms with Gasteiger partial charge < -0.3 is 15.2 Å². The maximum Gasteiger partial charge on any atom is 0.221 e. The summed E-state index contributed by atoms with van der Waals surface area (Å²) in [6, 6.07) is 7.55. The minimum atomic E-state index is -0.0823. The van der Waals surface area contributed by atoms with E-state index in [0.717, 1.165) is 23.0 Å². The average Bonchev–Trinajstić information content (AvgIpc) is 2.67. The summed E-state index contributed by atoms with van der Waals surface area (Å²) in [7, 11) is 1.93. The normalized spacial score (nSPS) is 10.3. The third-order valence-corrected chi connectivity index (χ3v) is 2.82. The van der Waals surface area contributed by atoms with Gasteiger partial charge in [-0.1, -0.05) is 6.07 Å². The number of rotatable bonds is 4.